The highest BCUT2D eigenvalue weighted by Gasteiger charge is 2.24. The van der Waals surface area contributed by atoms with Gasteiger partial charge in [-0.15, -0.1) is 0 Å². The van der Waals surface area contributed by atoms with Crippen LogP contribution in [0.15, 0.2) is 0 Å². The van der Waals surface area contributed by atoms with E-state index in [0.717, 1.165) is 12.2 Å². The van der Waals surface area contributed by atoms with E-state index in [4.69, 9.17) is 5.11 Å². The van der Waals surface area contributed by atoms with Crippen molar-refractivity contribution in [3.05, 3.63) is 0 Å². The van der Waals surface area contributed by atoms with Crippen molar-refractivity contribution in [3.8, 4) is 0 Å². The lowest BCUT2D eigenvalue weighted by Gasteiger charge is -2.26. The summed E-state index contributed by atoms with van der Waals surface area (Å²) >= 11 is 1.49. The Morgan fingerprint density at radius 3 is 2.47 bits per heavy atom. The van der Waals surface area contributed by atoms with Crippen LogP contribution < -0.4 is 5.32 Å². The van der Waals surface area contributed by atoms with Crippen LogP contribution in [0.2, 0.25) is 0 Å². The molecule has 1 atom stereocenters. The highest BCUT2D eigenvalue weighted by Crippen LogP contribution is 2.07. The molecule has 0 saturated carbocycles. The highest BCUT2D eigenvalue weighted by molar-refractivity contribution is 7.99. The summed E-state index contributed by atoms with van der Waals surface area (Å²) in [4.78, 5) is 35.0. The van der Waals surface area contributed by atoms with Crippen molar-refractivity contribution < 1.29 is 19.5 Å². The maximum atomic E-state index is 12.0. The average molecular weight is 290 g/mol. The lowest BCUT2D eigenvalue weighted by Crippen LogP contribution is -2.47. The fourth-order valence-electron chi connectivity index (χ4n) is 1.41. The van der Waals surface area contributed by atoms with E-state index >= 15 is 0 Å². The quantitative estimate of drug-likeness (QED) is 0.606. The lowest BCUT2D eigenvalue weighted by molar-refractivity contribution is -0.148. The van der Waals surface area contributed by atoms with E-state index in [0.29, 0.717) is 0 Å². The minimum Gasteiger partial charge on any atom is -0.480 e. The molecule has 0 heterocycles. The van der Waals surface area contributed by atoms with Crippen molar-refractivity contribution in [3.63, 3.8) is 0 Å². The number of hydrogen-bond donors (Lipinski definition) is 2. The third kappa shape index (κ3) is 7.71. The number of hydrogen-bond acceptors (Lipinski definition) is 4. The van der Waals surface area contributed by atoms with Gasteiger partial charge in [-0.1, -0.05) is 6.92 Å². The standard InChI is InChI=1S/C12H22N2O4S/c1-4-7-19-8-11(16)14(9(2)12(17)18)6-5-13-10(3)15/h9H,4-8H2,1-3H3,(H,13,15)(H,17,18). The molecule has 0 rings (SSSR count). The van der Waals surface area contributed by atoms with E-state index in [1.807, 2.05) is 6.92 Å². The average Bonchev–Trinajstić information content (AvgIpc) is 2.33. The van der Waals surface area contributed by atoms with E-state index in [-0.39, 0.29) is 30.7 Å². The SMILES string of the molecule is CCCSCC(=O)N(CCNC(C)=O)C(C)C(=O)O. The van der Waals surface area contributed by atoms with Crippen molar-refractivity contribution in [2.75, 3.05) is 24.6 Å². The van der Waals surface area contributed by atoms with Gasteiger partial charge in [0.25, 0.3) is 0 Å². The van der Waals surface area contributed by atoms with Crippen molar-refractivity contribution in [1.29, 1.82) is 0 Å². The van der Waals surface area contributed by atoms with Crippen molar-refractivity contribution >= 4 is 29.5 Å². The number of carboxylic acid groups (broad SMARTS) is 1. The van der Waals surface area contributed by atoms with Gasteiger partial charge in [0, 0.05) is 20.0 Å². The largest absolute Gasteiger partial charge is 0.480 e. The van der Waals surface area contributed by atoms with Gasteiger partial charge in [0.2, 0.25) is 11.8 Å². The van der Waals surface area contributed by atoms with Gasteiger partial charge in [-0.05, 0) is 19.1 Å². The van der Waals surface area contributed by atoms with Crippen molar-refractivity contribution in [2.45, 2.75) is 33.2 Å². The lowest BCUT2D eigenvalue weighted by atomic mass is 10.3. The molecular formula is C12H22N2O4S. The van der Waals surface area contributed by atoms with Crippen LogP contribution in [-0.4, -0.2) is 58.4 Å². The van der Waals surface area contributed by atoms with E-state index in [9.17, 15) is 14.4 Å². The molecule has 0 radical (unpaired) electrons. The van der Waals surface area contributed by atoms with Crippen LogP contribution in [0.1, 0.15) is 27.2 Å². The molecule has 0 aromatic carbocycles. The first-order valence-corrected chi connectivity index (χ1v) is 7.40. The maximum Gasteiger partial charge on any atom is 0.326 e. The first-order valence-electron chi connectivity index (χ1n) is 6.24. The molecule has 110 valence electrons. The number of nitrogens with one attached hydrogen (secondary N) is 1. The van der Waals surface area contributed by atoms with E-state index in [2.05, 4.69) is 5.32 Å². The molecule has 2 N–H and O–H groups in total. The van der Waals surface area contributed by atoms with Crippen LogP contribution in [0, 0.1) is 0 Å². The molecule has 0 saturated heterocycles. The van der Waals surface area contributed by atoms with Gasteiger partial charge in [-0.25, -0.2) is 4.79 Å². The van der Waals surface area contributed by atoms with Crippen LogP contribution in [0.5, 0.6) is 0 Å². The Morgan fingerprint density at radius 2 is 2.00 bits per heavy atom. The Morgan fingerprint density at radius 1 is 1.37 bits per heavy atom. The zero-order valence-corrected chi connectivity index (χ0v) is 12.5. The molecule has 19 heavy (non-hydrogen) atoms. The second-order valence-corrected chi connectivity index (χ2v) is 5.24. The molecule has 0 aromatic rings. The molecule has 2 amide bonds. The second-order valence-electron chi connectivity index (χ2n) is 4.14. The molecular weight excluding hydrogens is 268 g/mol. The predicted molar refractivity (Wildman–Crippen MR) is 75.1 cm³/mol. The molecule has 7 heteroatoms. The number of rotatable bonds is 9. The molecule has 0 aromatic heterocycles. The maximum absolute atomic E-state index is 12.0. The van der Waals surface area contributed by atoms with Crippen LogP contribution in [0.3, 0.4) is 0 Å². The van der Waals surface area contributed by atoms with E-state index < -0.39 is 12.0 Å². The van der Waals surface area contributed by atoms with Gasteiger partial charge in [-0.3, -0.25) is 9.59 Å². The Kier molecular flexibility index (Phi) is 9.03. The molecule has 0 aliphatic heterocycles. The molecule has 1 unspecified atom stereocenters. The van der Waals surface area contributed by atoms with E-state index in [1.165, 1.54) is 30.5 Å². The third-order valence-electron chi connectivity index (χ3n) is 2.45. The Balaban J connectivity index is 4.43. The number of carbonyl (C=O) groups excluding carboxylic acids is 2. The summed E-state index contributed by atoms with van der Waals surface area (Å²) in [7, 11) is 0. The first-order chi connectivity index (χ1) is 8.90. The summed E-state index contributed by atoms with van der Waals surface area (Å²) in [6.45, 7) is 5.34. The summed E-state index contributed by atoms with van der Waals surface area (Å²) in [5.74, 6) is -0.316. The summed E-state index contributed by atoms with van der Waals surface area (Å²) < 4.78 is 0. The van der Waals surface area contributed by atoms with Crippen LogP contribution >= 0.6 is 11.8 Å². The Bertz CT molecular complexity index is 323. The molecule has 0 bridgehead atoms. The normalized spacial score (nSPS) is 11.7. The second kappa shape index (κ2) is 9.66. The zero-order chi connectivity index (χ0) is 14.8. The fraction of sp³-hybridized carbons (Fsp3) is 0.750. The monoisotopic (exact) mass is 290 g/mol. The zero-order valence-electron chi connectivity index (χ0n) is 11.6. The Hall–Kier alpha value is -1.24. The third-order valence-corrected chi connectivity index (χ3v) is 3.59. The van der Waals surface area contributed by atoms with Crippen LogP contribution in [-0.2, 0) is 14.4 Å². The number of carboxylic acids is 1. The molecule has 6 nitrogen and oxygen atoms in total. The fourth-order valence-corrected chi connectivity index (χ4v) is 2.18. The summed E-state index contributed by atoms with van der Waals surface area (Å²) in [6.07, 6.45) is 0.971. The summed E-state index contributed by atoms with van der Waals surface area (Å²) in [5, 5.41) is 11.6. The Labute approximate surface area is 117 Å². The first kappa shape index (κ1) is 17.8. The van der Waals surface area contributed by atoms with Gasteiger partial charge in [-0.2, -0.15) is 11.8 Å². The number of nitrogens with zero attached hydrogens (tertiary/aromatic N) is 1. The van der Waals surface area contributed by atoms with Gasteiger partial charge in [0.15, 0.2) is 0 Å². The molecule has 0 aliphatic carbocycles. The van der Waals surface area contributed by atoms with Gasteiger partial charge < -0.3 is 15.3 Å². The number of amides is 2. The molecule has 0 spiro atoms. The van der Waals surface area contributed by atoms with Gasteiger partial charge >= 0.3 is 5.97 Å². The van der Waals surface area contributed by atoms with E-state index in [1.54, 1.807) is 0 Å². The van der Waals surface area contributed by atoms with Crippen molar-refractivity contribution in [2.24, 2.45) is 0 Å². The highest BCUT2D eigenvalue weighted by atomic mass is 32.2. The summed E-state index contributed by atoms with van der Waals surface area (Å²) in [6, 6.07) is -0.886. The predicted octanol–water partition coefficient (Wildman–Crippen LogP) is 0.567. The smallest absolute Gasteiger partial charge is 0.326 e. The number of thioether (sulfide) groups is 1. The van der Waals surface area contributed by atoms with Gasteiger partial charge in [0.1, 0.15) is 6.04 Å². The number of aliphatic carboxylic acids is 1. The van der Waals surface area contributed by atoms with Crippen LogP contribution in [0.25, 0.3) is 0 Å². The summed E-state index contributed by atoms with van der Waals surface area (Å²) in [5.41, 5.74) is 0. The molecule has 0 fully saturated rings. The minimum atomic E-state index is -1.04. The van der Waals surface area contributed by atoms with Crippen molar-refractivity contribution in [1.82, 2.24) is 10.2 Å². The minimum absolute atomic E-state index is 0.198. The van der Waals surface area contributed by atoms with Gasteiger partial charge in [0.05, 0.1) is 5.75 Å². The topological polar surface area (TPSA) is 86.7 Å². The van der Waals surface area contributed by atoms with Crippen LogP contribution in [0.4, 0.5) is 0 Å². The number of carbonyl (C=O) groups is 3. The molecule has 0 aliphatic rings.